The standard InChI is InChI=1S/C15H21BrN4/c1-2-4-12-5-3-8-19(9-6-12)15-14-17-7-10-20(14)11-13(16)18-15/h7,10-12H,2-6,8-9H2,1H3. The molecule has 0 amide bonds. The molecule has 1 unspecified atom stereocenters. The van der Waals surface area contributed by atoms with Crippen molar-refractivity contribution in [3.05, 3.63) is 23.2 Å². The zero-order valence-electron chi connectivity index (χ0n) is 11.9. The maximum atomic E-state index is 4.67. The van der Waals surface area contributed by atoms with Crippen LogP contribution in [0.3, 0.4) is 0 Å². The monoisotopic (exact) mass is 336 g/mol. The van der Waals surface area contributed by atoms with Crippen LogP contribution in [-0.4, -0.2) is 27.5 Å². The number of rotatable bonds is 3. The molecule has 0 bridgehead atoms. The van der Waals surface area contributed by atoms with Crippen molar-refractivity contribution in [3.63, 3.8) is 0 Å². The number of halogens is 1. The van der Waals surface area contributed by atoms with Crippen LogP contribution in [-0.2, 0) is 0 Å². The highest BCUT2D eigenvalue weighted by Gasteiger charge is 2.20. The summed E-state index contributed by atoms with van der Waals surface area (Å²) in [4.78, 5) is 11.5. The van der Waals surface area contributed by atoms with Crippen molar-refractivity contribution < 1.29 is 0 Å². The van der Waals surface area contributed by atoms with Gasteiger partial charge in [0, 0.05) is 31.7 Å². The molecular weight excluding hydrogens is 316 g/mol. The topological polar surface area (TPSA) is 33.4 Å². The molecule has 0 spiro atoms. The highest BCUT2D eigenvalue weighted by molar-refractivity contribution is 9.10. The maximum absolute atomic E-state index is 4.67. The van der Waals surface area contributed by atoms with E-state index in [1.54, 1.807) is 0 Å². The van der Waals surface area contributed by atoms with E-state index in [0.717, 1.165) is 35.1 Å². The highest BCUT2D eigenvalue weighted by Crippen LogP contribution is 2.27. The Labute approximate surface area is 128 Å². The van der Waals surface area contributed by atoms with Crippen molar-refractivity contribution in [2.45, 2.75) is 39.0 Å². The maximum Gasteiger partial charge on any atom is 0.180 e. The van der Waals surface area contributed by atoms with Gasteiger partial charge in [0.2, 0.25) is 0 Å². The summed E-state index contributed by atoms with van der Waals surface area (Å²) in [6.45, 7) is 4.47. The minimum Gasteiger partial charge on any atom is -0.353 e. The van der Waals surface area contributed by atoms with Gasteiger partial charge in [-0.25, -0.2) is 9.97 Å². The Kier molecular flexibility index (Phi) is 4.24. The fraction of sp³-hybridized carbons (Fsp3) is 0.600. The number of fused-ring (bicyclic) bond motifs is 1. The summed E-state index contributed by atoms with van der Waals surface area (Å²) in [5.41, 5.74) is 0.960. The fourth-order valence-electron chi connectivity index (χ4n) is 3.17. The lowest BCUT2D eigenvalue weighted by Gasteiger charge is -2.22. The SMILES string of the molecule is CCCC1CCCN(c2nc(Br)cn3ccnc23)CC1. The van der Waals surface area contributed by atoms with Gasteiger partial charge in [-0.2, -0.15) is 0 Å². The van der Waals surface area contributed by atoms with Crippen LogP contribution in [0.1, 0.15) is 39.0 Å². The number of nitrogens with zero attached hydrogens (tertiary/aromatic N) is 4. The predicted molar refractivity (Wildman–Crippen MR) is 85.1 cm³/mol. The zero-order valence-corrected chi connectivity index (χ0v) is 13.5. The molecule has 1 aliphatic rings. The Morgan fingerprint density at radius 1 is 1.35 bits per heavy atom. The van der Waals surface area contributed by atoms with E-state index < -0.39 is 0 Å². The number of aromatic nitrogens is 3. The molecule has 0 saturated carbocycles. The van der Waals surface area contributed by atoms with Crippen molar-refractivity contribution >= 4 is 27.4 Å². The van der Waals surface area contributed by atoms with Crippen LogP contribution >= 0.6 is 15.9 Å². The molecule has 1 aliphatic heterocycles. The second-order valence-corrected chi connectivity index (χ2v) is 6.43. The molecule has 108 valence electrons. The molecule has 2 aromatic rings. The van der Waals surface area contributed by atoms with Crippen molar-refractivity contribution in [1.29, 1.82) is 0 Å². The van der Waals surface area contributed by atoms with Gasteiger partial charge in [-0.1, -0.05) is 19.8 Å². The zero-order chi connectivity index (χ0) is 13.9. The number of hydrogen-bond acceptors (Lipinski definition) is 3. The van der Waals surface area contributed by atoms with Gasteiger partial charge in [0.25, 0.3) is 0 Å². The molecule has 20 heavy (non-hydrogen) atoms. The fourth-order valence-corrected chi connectivity index (χ4v) is 3.56. The third-order valence-electron chi connectivity index (χ3n) is 4.17. The van der Waals surface area contributed by atoms with Gasteiger partial charge in [-0.3, -0.25) is 0 Å². The summed E-state index contributed by atoms with van der Waals surface area (Å²) in [6, 6.07) is 0. The molecule has 5 heteroatoms. The van der Waals surface area contributed by atoms with Crippen molar-refractivity contribution in [1.82, 2.24) is 14.4 Å². The third-order valence-corrected chi connectivity index (χ3v) is 4.55. The lowest BCUT2D eigenvalue weighted by Crippen LogP contribution is -2.26. The van der Waals surface area contributed by atoms with Crippen molar-refractivity contribution in [2.75, 3.05) is 18.0 Å². The second-order valence-electron chi connectivity index (χ2n) is 5.62. The third kappa shape index (κ3) is 2.82. The van der Waals surface area contributed by atoms with E-state index in [9.17, 15) is 0 Å². The molecule has 0 aliphatic carbocycles. The molecule has 1 atom stereocenters. The molecule has 3 rings (SSSR count). The van der Waals surface area contributed by atoms with Crippen LogP contribution in [0.15, 0.2) is 23.2 Å². The first-order valence-corrected chi connectivity index (χ1v) is 8.31. The first kappa shape index (κ1) is 13.9. The first-order chi connectivity index (χ1) is 9.78. The largest absolute Gasteiger partial charge is 0.353 e. The smallest absolute Gasteiger partial charge is 0.180 e. The van der Waals surface area contributed by atoms with Gasteiger partial charge in [-0.15, -0.1) is 0 Å². The van der Waals surface area contributed by atoms with E-state index in [1.807, 2.05) is 23.0 Å². The van der Waals surface area contributed by atoms with Crippen LogP contribution in [0.4, 0.5) is 5.82 Å². The minimum atomic E-state index is 0.868. The van der Waals surface area contributed by atoms with Crippen LogP contribution in [0.5, 0.6) is 0 Å². The quantitative estimate of drug-likeness (QED) is 0.852. The van der Waals surface area contributed by atoms with E-state index in [0.29, 0.717) is 0 Å². The molecule has 0 N–H and O–H groups in total. The Morgan fingerprint density at radius 3 is 3.10 bits per heavy atom. The Morgan fingerprint density at radius 2 is 2.25 bits per heavy atom. The molecule has 4 nitrogen and oxygen atoms in total. The summed E-state index contributed by atoms with van der Waals surface area (Å²) < 4.78 is 2.91. The molecule has 2 aromatic heterocycles. The van der Waals surface area contributed by atoms with Gasteiger partial charge in [-0.05, 0) is 41.1 Å². The number of hydrogen-bond donors (Lipinski definition) is 0. The Bertz CT molecular complexity index is 580. The van der Waals surface area contributed by atoms with E-state index in [-0.39, 0.29) is 0 Å². The average Bonchev–Trinajstić information content (AvgIpc) is 2.77. The van der Waals surface area contributed by atoms with E-state index in [4.69, 9.17) is 0 Å². The van der Waals surface area contributed by atoms with Gasteiger partial charge >= 0.3 is 0 Å². The summed E-state index contributed by atoms with van der Waals surface area (Å²) in [7, 11) is 0. The van der Waals surface area contributed by atoms with Crippen molar-refractivity contribution in [3.8, 4) is 0 Å². The average molecular weight is 337 g/mol. The van der Waals surface area contributed by atoms with Crippen LogP contribution < -0.4 is 4.90 Å². The summed E-state index contributed by atoms with van der Waals surface area (Å²) in [5.74, 6) is 1.90. The second kappa shape index (κ2) is 6.12. The molecular formula is C15H21BrN4. The van der Waals surface area contributed by atoms with E-state index in [2.05, 4.69) is 37.7 Å². The molecule has 1 saturated heterocycles. The molecule has 1 fully saturated rings. The molecule has 3 heterocycles. The lowest BCUT2D eigenvalue weighted by atomic mass is 9.96. The summed E-state index contributed by atoms with van der Waals surface area (Å²) >= 11 is 3.50. The van der Waals surface area contributed by atoms with E-state index >= 15 is 0 Å². The van der Waals surface area contributed by atoms with Gasteiger partial charge < -0.3 is 9.30 Å². The highest BCUT2D eigenvalue weighted by atomic mass is 79.9. The Balaban J connectivity index is 1.85. The van der Waals surface area contributed by atoms with Crippen LogP contribution in [0, 0.1) is 5.92 Å². The summed E-state index contributed by atoms with van der Waals surface area (Å²) in [5, 5.41) is 0. The van der Waals surface area contributed by atoms with Crippen LogP contribution in [0.25, 0.3) is 5.65 Å². The van der Waals surface area contributed by atoms with Gasteiger partial charge in [0.05, 0.1) is 0 Å². The predicted octanol–water partition coefficient (Wildman–Crippen LogP) is 3.90. The normalized spacial score (nSPS) is 20.3. The first-order valence-electron chi connectivity index (χ1n) is 7.52. The van der Waals surface area contributed by atoms with Crippen LogP contribution in [0.2, 0.25) is 0 Å². The number of anilines is 1. The van der Waals surface area contributed by atoms with Gasteiger partial charge in [0.15, 0.2) is 11.5 Å². The Hall–Kier alpha value is -1.10. The molecule has 0 radical (unpaired) electrons. The lowest BCUT2D eigenvalue weighted by molar-refractivity contribution is 0.435. The molecule has 0 aromatic carbocycles. The van der Waals surface area contributed by atoms with E-state index in [1.165, 1.54) is 32.1 Å². The number of imidazole rings is 1. The van der Waals surface area contributed by atoms with Crippen molar-refractivity contribution in [2.24, 2.45) is 5.92 Å². The minimum absolute atomic E-state index is 0.868. The van der Waals surface area contributed by atoms with Gasteiger partial charge in [0.1, 0.15) is 4.60 Å². The summed E-state index contributed by atoms with van der Waals surface area (Å²) in [6.07, 6.45) is 12.3.